The third kappa shape index (κ3) is 5.84. The van der Waals surface area contributed by atoms with Crippen LogP contribution in [0.2, 0.25) is 0 Å². The largest absolute Gasteiger partial charge is 0.299 e. The molecule has 0 spiro atoms. The van der Waals surface area contributed by atoms with Crippen molar-refractivity contribution in [1.82, 2.24) is 0 Å². The molecule has 0 bridgehead atoms. The molecule has 0 amide bonds. The van der Waals surface area contributed by atoms with E-state index in [9.17, 15) is 4.79 Å². The van der Waals surface area contributed by atoms with Gasteiger partial charge in [0.2, 0.25) is 0 Å². The summed E-state index contributed by atoms with van der Waals surface area (Å²) in [7, 11) is 0. The number of carbonyl (C=O) groups is 1. The fourth-order valence-corrected chi connectivity index (χ4v) is 1.22. The lowest BCUT2D eigenvalue weighted by Gasteiger charge is -2.14. The minimum Gasteiger partial charge on any atom is -0.299 e. The molecule has 0 saturated carbocycles. The molecule has 78 valence electrons. The van der Waals surface area contributed by atoms with Crippen molar-refractivity contribution < 1.29 is 4.79 Å². The third-order valence-electron chi connectivity index (χ3n) is 2.86. The Morgan fingerprint density at radius 3 is 2.00 bits per heavy atom. The molecule has 0 rings (SSSR count). The van der Waals surface area contributed by atoms with Crippen LogP contribution in [0, 0.1) is 17.8 Å². The number of rotatable bonds is 6. The zero-order valence-corrected chi connectivity index (χ0v) is 9.76. The first-order valence-electron chi connectivity index (χ1n) is 5.47. The van der Waals surface area contributed by atoms with Crippen molar-refractivity contribution >= 4 is 5.78 Å². The molecule has 0 N–H and O–H groups in total. The van der Waals surface area contributed by atoms with Gasteiger partial charge < -0.3 is 0 Å². The highest BCUT2D eigenvalue weighted by Crippen LogP contribution is 2.17. The van der Waals surface area contributed by atoms with E-state index in [1.54, 1.807) is 0 Å². The van der Waals surface area contributed by atoms with Crippen molar-refractivity contribution in [2.75, 3.05) is 0 Å². The predicted molar refractivity (Wildman–Crippen MR) is 57.7 cm³/mol. The van der Waals surface area contributed by atoms with E-state index in [-0.39, 0.29) is 5.92 Å². The zero-order chi connectivity index (χ0) is 10.4. The molecule has 0 aliphatic rings. The fraction of sp³-hybridized carbons (Fsp3) is 0.917. The molecular weight excluding hydrogens is 160 g/mol. The van der Waals surface area contributed by atoms with Crippen molar-refractivity contribution in [2.24, 2.45) is 17.8 Å². The first-order chi connectivity index (χ1) is 5.95. The number of ketones is 1. The van der Waals surface area contributed by atoms with Gasteiger partial charge in [0.05, 0.1) is 0 Å². The summed E-state index contributed by atoms with van der Waals surface area (Å²) >= 11 is 0. The van der Waals surface area contributed by atoms with Crippen LogP contribution in [-0.2, 0) is 4.79 Å². The molecule has 0 aromatic heterocycles. The van der Waals surface area contributed by atoms with Crippen molar-refractivity contribution in [2.45, 2.75) is 53.9 Å². The summed E-state index contributed by atoms with van der Waals surface area (Å²) in [5, 5.41) is 0. The summed E-state index contributed by atoms with van der Waals surface area (Å²) in [6.07, 6.45) is 3.03. The first kappa shape index (κ1) is 12.7. The lowest BCUT2D eigenvalue weighted by Crippen LogP contribution is -2.09. The molecular formula is C12H24O. The van der Waals surface area contributed by atoms with Gasteiger partial charge in [0.15, 0.2) is 0 Å². The van der Waals surface area contributed by atoms with Gasteiger partial charge in [0.25, 0.3) is 0 Å². The van der Waals surface area contributed by atoms with Crippen LogP contribution in [0.5, 0.6) is 0 Å². The van der Waals surface area contributed by atoms with Crippen LogP contribution >= 0.6 is 0 Å². The van der Waals surface area contributed by atoms with Crippen molar-refractivity contribution in [3.63, 3.8) is 0 Å². The Kier molecular flexibility index (Phi) is 6.02. The first-order valence-corrected chi connectivity index (χ1v) is 5.47. The van der Waals surface area contributed by atoms with Gasteiger partial charge in [-0.1, -0.05) is 41.0 Å². The number of hydrogen-bond donors (Lipinski definition) is 0. The van der Waals surface area contributed by atoms with Crippen molar-refractivity contribution in [1.29, 1.82) is 0 Å². The van der Waals surface area contributed by atoms with Crippen LogP contribution in [0.4, 0.5) is 0 Å². The maximum Gasteiger partial charge on any atom is 0.135 e. The van der Waals surface area contributed by atoms with Crippen LogP contribution in [0.15, 0.2) is 0 Å². The number of carbonyl (C=O) groups excluding carboxylic acids is 1. The second kappa shape index (κ2) is 6.17. The molecule has 0 heterocycles. The van der Waals surface area contributed by atoms with E-state index in [2.05, 4.69) is 20.8 Å². The van der Waals surface area contributed by atoms with Gasteiger partial charge in [-0.15, -0.1) is 0 Å². The highest BCUT2D eigenvalue weighted by molar-refractivity contribution is 5.80. The van der Waals surface area contributed by atoms with E-state index in [1.807, 2.05) is 13.8 Å². The minimum absolute atomic E-state index is 0.217. The summed E-state index contributed by atoms with van der Waals surface area (Å²) in [4.78, 5) is 11.3. The van der Waals surface area contributed by atoms with Gasteiger partial charge in [-0.25, -0.2) is 0 Å². The SMILES string of the molecule is CC(C)C(=O)CCC[C@H](C)C(C)C. The van der Waals surface area contributed by atoms with E-state index in [0.29, 0.717) is 5.78 Å². The normalized spacial score (nSPS) is 13.8. The summed E-state index contributed by atoms with van der Waals surface area (Å²) in [5.41, 5.74) is 0. The Labute approximate surface area is 82.9 Å². The van der Waals surface area contributed by atoms with E-state index in [0.717, 1.165) is 24.7 Å². The lowest BCUT2D eigenvalue weighted by atomic mass is 9.91. The fourth-order valence-electron chi connectivity index (χ4n) is 1.22. The Morgan fingerprint density at radius 2 is 1.62 bits per heavy atom. The Balaban J connectivity index is 3.51. The molecule has 1 nitrogen and oxygen atoms in total. The quantitative estimate of drug-likeness (QED) is 0.615. The van der Waals surface area contributed by atoms with Crippen LogP contribution in [-0.4, -0.2) is 5.78 Å². The van der Waals surface area contributed by atoms with E-state index < -0.39 is 0 Å². The molecule has 0 aliphatic carbocycles. The average Bonchev–Trinajstić information content (AvgIpc) is 2.03. The van der Waals surface area contributed by atoms with Crippen LogP contribution in [0.1, 0.15) is 53.9 Å². The maximum absolute atomic E-state index is 11.3. The van der Waals surface area contributed by atoms with E-state index in [4.69, 9.17) is 0 Å². The van der Waals surface area contributed by atoms with E-state index >= 15 is 0 Å². The minimum atomic E-state index is 0.217. The number of hydrogen-bond acceptors (Lipinski definition) is 1. The van der Waals surface area contributed by atoms with Crippen LogP contribution in [0.25, 0.3) is 0 Å². The molecule has 1 heteroatoms. The predicted octanol–water partition coefficient (Wildman–Crippen LogP) is 3.67. The summed E-state index contributed by atoms with van der Waals surface area (Å²) in [6, 6.07) is 0. The molecule has 0 aliphatic heterocycles. The molecule has 13 heavy (non-hydrogen) atoms. The zero-order valence-electron chi connectivity index (χ0n) is 9.76. The Morgan fingerprint density at radius 1 is 1.08 bits per heavy atom. The standard InChI is InChI=1S/C12H24O/c1-9(2)11(5)7-6-8-12(13)10(3)4/h9-11H,6-8H2,1-5H3/t11-/m0/s1. The molecule has 0 unspecified atom stereocenters. The highest BCUT2D eigenvalue weighted by Gasteiger charge is 2.10. The third-order valence-corrected chi connectivity index (χ3v) is 2.86. The monoisotopic (exact) mass is 184 g/mol. The average molecular weight is 184 g/mol. The second-order valence-electron chi connectivity index (χ2n) is 4.73. The van der Waals surface area contributed by atoms with Gasteiger partial charge in [-0.05, 0) is 18.3 Å². The Hall–Kier alpha value is -0.330. The number of Topliss-reactive ketones (excluding diaryl/α,β-unsaturated/α-hetero) is 1. The molecule has 0 fully saturated rings. The van der Waals surface area contributed by atoms with Crippen LogP contribution in [0.3, 0.4) is 0 Å². The molecule has 0 saturated heterocycles. The molecule has 1 atom stereocenters. The highest BCUT2D eigenvalue weighted by atomic mass is 16.1. The van der Waals surface area contributed by atoms with Gasteiger partial charge in [-0.3, -0.25) is 4.79 Å². The maximum atomic E-state index is 11.3. The Bertz CT molecular complexity index is 147. The van der Waals surface area contributed by atoms with Gasteiger partial charge in [-0.2, -0.15) is 0 Å². The lowest BCUT2D eigenvalue weighted by molar-refractivity contribution is -0.122. The molecule has 0 radical (unpaired) electrons. The second-order valence-corrected chi connectivity index (χ2v) is 4.73. The summed E-state index contributed by atoms with van der Waals surface area (Å²) in [5.74, 6) is 2.12. The van der Waals surface area contributed by atoms with Gasteiger partial charge in [0, 0.05) is 12.3 Å². The summed E-state index contributed by atoms with van der Waals surface area (Å²) < 4.78 is 0. The van der Waals surface area contributed by atoms with Gasteiger partial charge >= 0.3 is 0 Å². The van der Waals surface area contributed by atoms with Gasteiger partial charge in [0.1, 0.15) is 5.78 Å². The molecule has 0 aromatic rings. The van der Waals surface area contributed by atoms with Crippen molar-refractivity contribution in [3.8, 4) is 0 Å². The smallest absolute Gasteiger partial charge is 0.135 e. The van der Waals surface area contributed by atoms with Crippen LogP contribution < -0.4 is 0 Å². The topological polar surface area (TPSA) is 17.1 Å². The van der Waals surface area contributed by atoms with E-state index in [1.165, 1.54) is 6.42 Å². The van der Waals surface area contributed by atoms with Crippen molar-refractivity contribution in [3.05, 3.63) is 0 Å². The molecule has 0 aromatic carbocycles. The summed E-state index contributed by atoms with van der Waals surface area (Å²) in [6.45, 7) is 10.7.